The molecule has 33 heavy (non-hydrogen) atoms. The lowest BCUT2D eigenvalue weighted by atomic mass is 9.97. The average molecular weight is 456 g/mol. The lowest BCUT2D eigenvalue weighted by molar-refractivity contribution is 0.133. The first kappa shape index (κ1) is 21.7. The van der Waals surface area contributed by atoms with Crippen molar-refractivity contribution < 1.29 is 13.6 Å². The number of nitrogens with zero attached hydrogens (tertiary/aromatic N) is 5. The van der Waals surface area contributed by atoms with Crippen molar-refractivity contribution in [3.05, 3.63) is 36.9 Å². The van der Waals surface area contributed by atoms with Crippen LogP contribution in [0.25, 0.3) is 22.0 Å². The molecule has 0 aromatic carbocycles. The van der Waals surface area contributed by atoms with Crippen LogP contribution in [0.4, 0.5) is 19.4 Å². The molecule has 3 aromatic heterocycles. The van der Waals surface area contributed by atoms with Gasteiger partial charge in [0.1, 0.15) is 19.2 Å². The molecule has 3 atom stereocenters. The standard InChI is InChI=1S/C23H27F2N7O/c1-31-13-16(12-28-31)21-4-14-5-22(27-11-15(14)10-26-21)30-23(33)32-19-2-3-20(32)7-17(6-19)29-18(8-24)9-25/h4-5,10-13,17-20,29H,2-3,6-9H2,1H3,(H,27,30,33)/t17?,19-,20+. The maximum atomic E-state index is 13.1. The van der Waals surface area contributed by atoms with E-state index in [0.29, 0.717) is 18.7 Å². The number of nitrogens with one attached hydrogen (secondary N) is 2. The molecule has 8 nitrogen and oxygen atoms in total. The molecule has 5 rings (SSSR count). The number of anilines is 1. The third-order valence-electron chi connectivity index (χ3n) is 6.65. The average Bonchev–Trinajstić information content (AvgIpc) is 3.37. The van der Waals surface area contributed by atoms with Crippen molar-refractivity contribution in [1.82, 2.24) is 30.0 Å². The highest BCUT2D eigenvalue weighted by molar-refractivity contribution is 5.93. The van der Waals surface area contributed by atoms with Gasteiger partial charge >= 0.3 is 6.03 Å². The van der Waals surface area contributed by atoms with E-state index in [0.717, 1.165) is 34.9 Å². The van der Waals surface area contributed by atoms with Crippen LogP contribution < -0.4 is 10.6 Å². The number of rotatable bonds is 6. The molecule has 0 spiro atoms. The zero-order chi connectivity index (χ0) is 22.9. The molecular weight excluding hydrogens is 428 g/mol. The van der Waals surface area contributed by atoms with Gasteiger partial charge in [0.05, 0.1) is 17.9 Å². The van der Waals surface area contributed by atoms with Gasteiger partial charge < -0.3 is 10.2 Å². The fraction of sp³-hybridized carbons (Fsp3) is 0.478. The molecule has 2 N–H and O–H groups in total. The largest absolute Gasteiger partial charge is 0.323 e. The molecule has 2 bridgehead atoms. The first-order valence-corrected chi connectivity index (χ1v) is 11.3. The zero-order valence-corrected chi connectivity index (χ0v) is 18.4. The second kappa shape index (κ2) is 9.01. The van der Waals surface area contributed by atoms with Crippen molar-refractivity contribution in [2.24, 2.45) is 7.05 Å². The minimum absolute atomic E-state index is 0.0280. The third kappa shape index (κ3) is 4.39. The summed E-state index contributed by atoms with van der Waals surface area (Å²) in [6.45, 7) is -1.45. The number of fused-ring (bicyclic) bond motifs is 3. The Morgan fingerprint density at radius 3 is 2.48 bits per heavy atom. The lowest BCUT2D eigenvalue weighted by Gasteiger charge is -2.39. The normalized spacial score (nSPS) is 22.3. The van der Waals surface area contributed by atoms with Crippen LogP contribution in [0.15, 0.2) is 36.9 Å². The minimum Gasteiger partial charge on any atom is -0.318 e. The molecule has 5 heterocycles. The first-order valence-electron chi connectivity index (χ1n) is 11.3. The van der Waals surface area contributed by atoms with Gasteiger partial charge in [-0.3, -0.25) is 15.0 Å². The SMILES string of the molecule is Cn1cc(-c2cc3cc(NC(=O)N4[C@@H]5CC[C@H]4CC(NC(CF)CF)C5)ncc3cn2)cn1. The predicted molar refractivity (Wildman–Crippen MR) is 121 cm³/mol. The van der Waals surface area contributed by atoms with Crippen LogP contribution in [0.2, 0.25) is 0 Å². The second-order valence-electron chi connectivity index (χ2n) is 8.95. The lowest BCUT2D eigenvalue weighted by Crippen LogP contribution is -2.54. The second-order valence-corrected chi connectivity index (χ2v) is 8.95. The molecule has 0 saturated carbocycles. The smallest absolute Gasteiger partial charge is 0.318 e. The van der Waals surface area contributed by atoms with E-state index in [2.05, 4.69) is 25.7 Å². The Hall–Kier alpha value is -3.14. The zero-order valence-electron chi connectivity index (χ0n) is 18.4. The van der Waals surface area contributed by atoms with Crippen LogP contribution in [0.3, 0.4) is 0 Å². The number of hydrogen-bond donors (Lipinski definition) is 2. The molecule has 2 aliphatic heterocycles. The maximum Gasteiger partial charge on any atom is 0.323 e. The summed E-state index contributed by atoms with van der Waals surface area (Å²) in [5.41, 5.74) is 1.71. The van der Waals surface area contributed by atoms with Gasteiger partial charge in [0.25, 0.3) is 0 Å². The molecule has 2 fully saturated rings. The van der Waals surface area contributed by atoms with Gasteiger partial charge in [-0.2, -0.15) is 5.10 Å². The summed E-state index contributed by atoms with van der Waals surface area (Å²) in [5, 5.41) is 12.0. The quantitative estimate of drug-likeness (QED) is 0.595. The van der Waals surface area contributed by atoms with Crippen molar-refractivity contribution >= 4 is 22.6 Å². The van der Waals surface area contributed by atoms with Crippen molar-refractivity contribution in [2.45, 2.75) is 49.9 Å². The van der Waals surface area contributed by atoms with Crippen LogP contribution in [-0.2, 0) is 7.05 Å². The predicted octanol–water partition coefficient (Wildman–Crippen LogP) is 3.45. The molecule has 0 aliphatic carbocycles. The number of alkyl halides is 2. The molecule has 1 unspecified atom stereocenters. The van der Waals surface area contributed by atoms with Gasteiger partial charge in [0.2, 0.25) is 0 Å². The number of halogens is 2. The van der Waals surface area contributed by atoms with E-state index in [1.54, 1.807) is 23.3 Å². The highest BCUT2D eigenvalue weighted by Gasteiger charge is 2.43. The molecular formula is C23H27F2N7O. The van der Waals surface area contributed by atoms with Gasteiger partial charge in [0, 0.05) is 54.7 Å². The van der Waals surface area contributed by atoms with Crippen molar-refractivity contribution in [3.8, 4) is 11.3 Å². The number of carbonyl (C=O) groups is 1. The van der Waals surface area contributed by atoms with E-state index < -0.39 is 19.4 Å². The third-order valence-corrected chi connectivity index (χ3v) is 6.65. The topological polar surface area (TPSA) is 88.0 Å². The summed E-state index contributed by atoms with van der Waals surface area (Å²) in [6, 6.07) is 3.00. The van der Waals surface area contributed by atoms with Gasteiger partial charge in [0.15, 0.2) is 0 Å². The Morgan fingerprint density at radius 1 is 1.09 bits per heavy atom. The molecule has 10 heteroatoms. The highest BCUT2D eigenvalue weighted by atomic mass is 19.1. The number of aromatic nitrogens is 4. The summed E-state index contributed by atoms with van der Waals surface area (Å²) < 4.78 is 27.5. The van der Waals surface area contributed by atoms with Crippen LogP contribution in [-0.4, -0.2) is 68.2 Å². The molecule has 2 aliphatic rings. The summed E-state index contributed by atoms with van der Waals surface area (Å²) in [5.74, 6) is 0.477. The number of carbonyl (C=O) groups excluding carboxylic acids is 1. The fourth-order valence-electron chi connectivity index (χ4n) is 5.10. The summed E-state index contributed by atoms with van der Waals surface area (Å²) in [7, 11) is 1.86. The van der Waals surface area contributed by atoms with Crippen LogP contribution in [0.5, 0.6) is 0 Å². The van der Waals surface area contributed by atoms with Crippen molar-refractivity contribution in [3.63, 3.8) is 0 Å². The van der Waals surface area contributed by atoms with Crippen LogP contribution in [0, 0.1) is 0 Å². The van der Waals surface area contributed by atoms with Gasteiger partial charge in [-0.25, -0.2) is 18.6 Å². The Morgan fingerprint density at radius 2 is 1.82 bits per heavy atom. The molecule has 0 radical (unpaired) electrons. The Kier molecular flexibility index (Phi) is 5.92. The van der Waals surface area contributed by atoms with Gasteiger partial charge in [-0.1, -0.05) is 0 Å². The maximum absolute atomic E-state index is 13.1. The monoisotopic (exact) mass is 455 g/mol. The molecule has 3 aromatic rings. The van der Waals surface area contributed by atoms with Crippen LogP contribution in [0.1, 0.15) is 25.7 Å². The number of piperidine rings is 1. The number of hydrogen-bond acceptors (Lipinski definition) is 5. The van der Waals surface area contributed by atoms with Crippen molar-refractivity contribution in [1.29, 1.82) is 0 Å². The number of aryl methyl sites for hydroxylation is 1. The fourth-order valence-corrected chi connectivity index (χ4v) is 5.10. The van der Waals surface area contributed by atoms with Crippen molar-refractivity contribution in [2.75, 3.05) is 18.7 Å². The number of pyridine rings is 2. The van der Waals surface area contributed by atoms with E-state index in [9.17, 15) is 13.6 Å². The Bertz CT molecular complexity index is 1130. The first-order chi connectivity index (χ1) is 16.0. The van der Waals surface area contributed by atoms with E-state index in [1.165, 1.54) is 0 Å². The molecule has 2 amide bonds. The molecule has 2 saturated heterocycles. The molecule has 174 valence electrons. The van der Waals surface area contributed by atoms with E-state index in [-0.39, 0.29) is 24.2 Å². The summed E-state index contributed by atoms with van der Waals surface area (Å²) in [4.78, 5) is 23.9. The summed E-state index contributed by atoms with van der Waals surface area (Å²) >= 11 is 0. The van der Waals surface area contributed by atoms with E-state index >= 15 is 0 Å². The van der Waals surface area contributed by atoms with E-state index in [4.69, 9.17) is 0 Å². The Balaban J connectivity index is 1.29. The van der Waals surface area contributed by atoms with Gasteiger partial charge in [-0.15, -0.1) is 0 Å². The van der Waals surface area contributed by atoms with Gasteiger partial charge in [-0.05, 0) is 43.2 Å². The number of amides is 2. The number of urea groups is 1. The van der Waals surface area contributed by atoms with Crippen LogP contribution >= 0.6 is 0 Å². The van der Waals surface area contributed by atoms with E-state index in [1.807, 2.05) is 30.3 Å². The minimum atomic E-state index is -0.761. The highest BCUT2D eigenvalue weighted by Crippen LogP contribution is 2.36. The Labute approximate surface area is 190 Å². The summed E-state index contributed by atoms with van der Waals surface area (Å²) in [6.07, 6.45) is 10.3.